The van der Waals surface area contributed by atoms with E-state index in [1.165, 1.54) is 11.1 Å². The molecule has 2 aliphatic rings. The average molecular weight is 320 g/mol. The second-order valence-electron chi connectivity index (χ2n) is 6.53. The maximum Gasteiger partial charge on any atom is 0.268 e. The lowest BCUT2D eigenvalue weighted by Crippen LogP contribution is -2.47. The predicted molar refractivity (Wildman–Crippen MR) is 91.2 cm³/mol. The van der Waals surface area contributed by atoms with Crippen LogP contribution in [0.1, 0.15) is 34.5 Å². The molecule has 122 valence electrons. The van der Waals surface area contributed by atoms with E-state index in [4.69, 9.17) is 0 Å². The molecule has 3 atom stereocenters. The molecule has 4 nitrogen and oxygen atoms in total. The monoisotopic (exact) mass is 320 g/mol. The summed E-state index contributed by atoms with van der Waals surface area (Å²) in [4.78, 5) is 24.9. The minimum Gasteiger partial charge on any atom is -0.303 e. The van der Waals surface area contributed by atoms with E-state index in [0.717, 1.165) is 19.3 Å². The van der Waals surface area contributed by atoms with Crippen molar-refractivity contribution in [1.29, 1.82) is 0 Å². The molecule has 0 unspecified atom stereocenters. The minimum atomic E-state index is -0.209. The summed E-state index contributed by atoms with van der Waals surface area (Å²) in [5, 5.41) is 3.90. The molecule has 0 saturated carbocycles. The minimum absolute atomic E-state index is 0.0307. The SMILES string of the molecule is C[C@H]1[C@H](C=O)[C@H]2c3ccccc3CCN2N1C(=O)c1ccccc1. The molecule has 0 radical (unpaired) electrons. The first kappa shape index (κ1) is 15.1. The van der Waals surface area contributed by atoms with Crippen molar-refractivity contribution in [2.24, 2.45) is 5.92 Å². The summed E-state index contributed by atoms with van der Waals surface area (Å²) >= 11 is 0. The van der Waals surface area contributed by atoms with Crippen LogP contribution in [0.3, 0.4) is 0 Å². The van der Waals surface area contributed by atoms with Crippen LogP contribution >= 0.6 is 0 Å². The Morgan fingerprint density at radius 1 is 1.08 bits per heavy atom. The van der Waals surface area contributed by atoms with E-state index in [2.05, 4.69) is 17.1 Å². The summed E-state index contributed by atoms with van der Waals surface area (Å²) in [6, 6.07) is 17.4. The van der Waals surface area contributed by atoms with E-state index in [9.17, 15) is 9.59 Å². The van der Waals surface area contributed by atoms with Crippen LogP contribution in [0.15, 0.2) is 54.6 Å². The van der Waals surface area contributed by atoms with Gasteiger partial charge in [-0.15, -0.1) is 0 Å². The Hall–Kier alpha value is -2.46. The molecule has 2 aromatic rings. The van der Waals surface area contributed by atoms with Crippen LogP contribution in [-0.2, 0) is 11.2 Å². The highest BCUT2D eigenvalue weighted by atomic mass is 16.2. The summed E-state index contributed by atoms with van der Waals surface area (Å²) in [5.41, 5.74) is 3.12. The van der Waals surface area contributed by atoms with Crippen LogP contribution in [0.5, 0.6) is 0 Å². The van der Waals surface area contributed by atoms with Crippen molar-refractivity contribution in [3.05, 3.63) is 71.3 Å². The molecule has 4 heteroatoms. The van der Waals surface area contributed by atoms with Gasteiger partial charge in [-0.25, -0.2) is 5.01 Å². The lowest BCUT2D eigenvalue weighted by atomic mass is 9.85. The topological polar surface area (TPSA) is 40.6 Å². The molecule has 0 bridgehead atoms. The van der Waals surface area contributed by atoms with Crippen LogP contribution < -0.4 is 0 Å². The van der Waals surface area contributed by atoms with Crippen molar-refractivity contribution >= 4 is 12.2 Å². The summed E-state index contributed by atoms with van der Waals surface area (Å²) < 4.78 is 0. The van der Waals surface area contributed by atoms with Gasteiger partial charge in [0.05, 0.1) is 18.0 Å². The quantitative estimate of drug-likeness (QED) is 0.799. The number of carbonyl (C=O) groups excluding carboxylic acids is 2. The molecule has 2 aromatic carbocycles. The first-order valence-electron chi connectivity index (χ1n) is 8.40. The largest absolute Gasteiger partial charge is 0.303 e. The van der Waals surface area contributed by atoms with Crippen molar-refractivity contribution in [2.75, 3.05) is 6.54 Å². The number of hydrogen-bond donors (Lipinski definition) is 0. The van der Waals surface area contributed by atoms with Gasteiger partial charge in [0.25, 0.3) is 5.91 Å². The first-order valence-corrected chi connectivity index (χ1v) is 8.40. The van der Waals surface area contributed by atoms with Gasteiger partial charge in [-0.3, -0.25) is 9.80 Å². The maximum absolute atomic E-state index is 13.1. The average Bonchev–Trinajstić information content (AvgIpc) is 2.93. The molecule has 2 aliphatic heterocycles. The Morgan fingerprint density at radius 2 is 1.79 bits per heavy atom. The highest BCUT2D eigenvalue weighted by molar-refractivity contribution is 5.94. The summed E-state index contributed by atoms with van der Waals surface area (Å²) in [6.45, 7) is 2.73. The van der Waals surface area contributed by atoms with Crippen molar-refractivity contribution < 1.29 is 9.59 Å². The molecule has 4 rings (SSSR count). The number of hydrogen-bond acceptors (Lipinski definition) is 3. The fourth-order valence-corrected chi connectivity index (χ4v) is 4.10. The number of carbonyl (C=O) groups is 2. The maximum atomic E-state index is 13.1. The van der Waals surface area contributed by atoms with E-state index >= 15 is 0 Å². The van der Waals surface area contributed by atoms with Gasteiger partial charge in [0.2, 0.25) is 0 Å². The van der Waals surface area contributed by atoms with Gasteiger partial charge in [-0.1, -0.05) is 42.5 Å². The van der Waals surface area contributed by atoms with Gasteiger partial charge in [0, 0.05) is 12.1 Å². The molecular formula is C20H20N2O2. The summed E-state index contributed by atoms with van der Waals surface area (Å²) in [7, 11) is 0. The Kier molecular flexibility index (Phi) is 3.69. The number of fused-ring (bicyclic) bond motifs is 3. The molecule has 1 fully saturated rings. The van der Waals surface area contributed by atoms with Gasteiger partial charge in [-0.2, -0.15) is 0 Å². The molecule has 0 aliphatic carbocycles. The van der Waals surface area contributed by atoms with Gasteiger partial charge >= 0.3 is 0 Å². The van der Waals surface area contributed by atoms with E-state index in [1.807, 2.05) is 49.4 Å². The van der Waals surface area contributed by atoms with E-state index in [0.29, 0.717) is 5.56 Å². The van der Waals surface area contributed by atoms with Gasteiger partial charge in [0.15, 0.2) is 0 Å². The second-order valence-corrected chi connectivity index (χ2v) is 6.53. The highest BCUT2D eigenvalue weighted by Gasteiger charge is 2.50. The van der Waals surface area contributed by atoms with Gasteiger partial charge in [-0.05, 0) is 36.6 Å². The van der Waals surface area contributed by atoms with Crippen LogP contribution in [0.2, 0.25) is 0 Å². The molecule has 1 amide bonds. The number of aldehydes is 1. The predicted octanol–water partition coefficient (Wildman–Crippen LogP) is 2.86. The zero-order valence-corrected chi connectivity index (χ0v) is 13.6. The Morgan fingerprint density at radius 3 is 2.54 bits per heavy atom. The highest BCUT2D eigenvalue weighted by Crippen LogP contribution is 2.44. The number of benzene rings is 2. The van der Waals surface area contributed by atoms with Gasteiger partial charge < -0.3 is 4.79 Å². The normalized spacial score (nSPS) is 25.9. The molecule has 24 heavy (non-hydrogen) atoms. The van der Waals surface area contributed by atoms with E-state index in [-0.39, 0.29) is 23.9 Å². The van der Waals surface area contributed by atoms with E-state index in [1.54, 1.807) is 5.01 Å². The summed E-state index contributed by atoms with van der Waals surface area (Å²) in [5.74, 6) is -0.240. The molecule has 2 heterocycles. The molecule has 1 saturated heterocycles. The lowest BCUT2D eigenvalue weighted by molar-refractivity contribution is -0.112. The molecular weight excluding hydrogens is 300 g/mol. The third-order valence-electron chi connectivity index (χ3n) is 5.28. The molecule has 0 aromatic heterocycles. The molecule has 0 N–H and O–H groups in total. The third-order valence-corrected chi connectivity index (χ3v) is 5.28. The fraction of sp³-hybridized carbons (Fsp3) is 0.300. The zero-order valence-electron chi connectivity index (χ0n) is 13.6. The number of rotatable bonds is 2. The van der Waals surface area contributed by atoms with Crippen LogP contribution in [-0.4, -0.2) is 34.8 Å². The zero-order chi connectivity index (χ0) is 16.7. The first-order chi connectivity index (χ1) is 11.7. The van der Waals surface area contributed by atoms with Crippen LogP contribution in [0.25, 0.3) is 0 Å². The van der Waals surface area contributed by atoms with Gasteiger partial charge in [0.1, 0.15) is 6.29 Å². The van der Waals surface area contributed by atoms with Crippen LogP contribution in [0, 0.1) is 5.92 Å². The lowest BCUT2D eigenvalue weighted by Gasteiger charge is -2.37. The van der Waals surface area contributed by atoms with E-state index < -0.39 is 0 Å². The molecule has 0 spiro atoms. The Balaban J connectivity index is 1.76. The number of nitrogens with zero attached hydrogens (tertiary/aromatic N) is 2. The fourth-order valence-electron chi connectivity index (χ4n) is 4.10. The van der Waals surface area contributed by atoms with Crippen molar-refractivity contribution in [3.63, 3.8) is 0 Å². The number of amides is 1. The smallest absolute Gasteiger partial charge is 0.268 e. The Labute approximate surface area is 141 Å². The standard InChI is InChI=1S/C20H20N2O2/c1-14-18(13-23)19-17-10-6-5-7-15(17)11-12-21(19)22(14)20(24)16-8-3-2-4-9-16/h2-10,13-14,18-19H,11-12H2,1H3/t14-,18-,19+/m0/s1. The van der Waals surface area contributed by atoms with Crippen molar-refractivity contribution in [3.8, 4) is 0 Å². The second kappa shape index (κ2) is 5.87. The van der Waals surface area contributed by atoms with Crippen molar-refractivity contribution in [2.45, 2.75) is 25.4 Å². The third kappa shape index (κ3) is 2.18. The summed E-state index contributed by atoms with van der Waals surface area (Å²) in [6.07, 6.45) is 1.91. The van der Waals surface area contributed by atoms with Crippen molar-refractivity contribution in [1.82, 2.24) is 10.0 Å². The Bertz CT molecular complexity index is 774. The van der Waals surface area contributed by atoms with Crippen LogP contribution in [0.4, 0.5) is 0 Å². The number of hydrazine groups is 1.